The Bertz CT molecular complexity index is 3000. The first-order valence-corrected chi connectivity index (χ1v) is 19.0. The highest BCUT2D eigenvalue weighted by atomic mass is 16.3. The molecule has 258 valence electrons. The van der Waals surface area contributed by atoms with Crippen LogP contribution in [0, 0.1) is 0 Å². The van der Waals surface area contributed by atoms with E-state index in [2.05, 4.69) is 184 Å². The third-order valence-electron chi connectivity index (χ3n) is 12.4. The first-order valence-electron chi connectivity index (χ1n) is 19.0. The van der Waals surface area contributed by atoms with Crippen molar-refractivity contribution in [2.24, 2.45) is 0 Å². The SMILES string of the molecule is CC1(C)c2ccccc2-c2cc(N(c3ccc(-c4ccc5cc6c(cc5c4)oc4ccccc46)cc3)c3ccc4c(c3)C(C)(C)c3ccccc3-4)ccc21. The molecule has 2 aliphatic carbocycles. The molecule has 0 radical (unpaired) electrons. The number of nitrogens with zero attached hydrogens (tertiary/aromatic N) is 1. The molecule has 2 heteroatoms. The van der Waals surface area contributed by atoms with Crippen molar-refractivity contribution in [1.29, 1.82) is 0 Å². The maximum absolute atomic E-state index is 6.24. The summed E-state index contributed by atoms with van der Waals surface area (Å²) in [6.45, 7) is 9.41. The van der Waals surface area contributed by atoms with Crippen LogP contribution in [0.2, 0.25) is 0 Å². The Labute approximate surface area is 315 Å². The molecule has 0 saturated carbocycles. The van der Waals surface area contributed by atoms with E-state index in [1.807, 2.05) is 12.1 Å². The molecule has 0 atom stereocenters. The van der Waals surface area contributed by atoms with Crippen LogP contribution >= 0.6 is 0 Å². The standard InChI is InChI=1S/C52H39NO/c1-51(2)46-15-9-6-12-40(46)43-30-37(24-26-47(43)51)53(38-23-25-41-39-11-5-8-14-45(39)52(3,4)48(41)31-38)36-21-19-32(20-22-36)33-17-18-34-28-44-42-13-7-10-16-49(42)54-50(44)29-35(34)27-33/h5-31H,1-4H3. The molecule has 0 fully saturated rings. The number of rotatable bonds is 4. The minimum Gasteiger partial charge on any atom is -0.456 e. The van der Waals surface area contributed by atoms with Crippen molar-refractivity contribution < 1.29 is 4.42 Å². The van der Waals surface area contributed by atoms with Crippen molar-refractivity contribution in [2.75, 3.05) is 4.90 Å². The van der Waals surface area contributed by atoms with Gasteiger partial charge in [-0.15, -0.1) is 0 Å². The Morgan fingerprint density at radius 1 is 0.370 bits per heavy atom. The molecule has 1 heterocycles. The normalized spacial score (nSPS) is 14.6. The van der Waals surface area contributed by atoms with E-state index in [0.29, 0.717) is 0 Å². The highest BCUT2D eigenvalue weighted by Crippen LogP contribution is 2.53. The Morgan fingerprint density at radius 2 is 0.963 bits per heavy atom. The lowest BCUT2D eigenvalue weighted by Crippen LogP contribution is -2.17. The fourth-order valence-corrected chi connectivity index (χ4v) is 9.58. The summed E-state index contributed by atoms with van der Waals surface area (Å²) in [5.41, 5.74) is 18.4. The van der Waals surface area contributed by atoms with Crippen molar-refractivity contribution in [1.82, 2.24) is 0 Å². The quantitative estimate of drug-likeness (QED) is 0.182. The van der Waals surface area contributed by atoms with Crippen LogP contribution in [-0.4, -0.2) is 0 Å². The Balaban J connectivity index is 1.03. The van der Waals surface area contributed by atoms with Gasteiger partial charge in [0, 0.05) is 38.7 Å². The number of fused-ring (bicyclic) bond motifs is 10. The summed E-state index contributed by atoms with van der Waals surface area (Å²) in [4.78, 5) is 2.44. The second-order valence-electron chi connectivity index (χ2n) is 16.2. The fraction of sp³-hybridized carbons (Fsp3) is 0.115. The van der Waals surface area contributed by atoms with Gasteiger partial charge in [0.2, 0.25) is 0 Å². The fourth-order valence-electron chi connectivity index (χ4n) is 9.58. The monoisotopic (exact) mass is 693 g/mol. The van der Waals surface area contributed by atoms with Gasteiger partial charge < -0.3 is 9.32 Å². The van der Waals surface area contributed by atoms with Crippen LogP contribution < -0.4 is 4.90 Å². The number of benzene rings is 8. The molecule has 0 bridgehead atoms. The highest BCUT2D eigenvalue weighted by molar-refractivity contribution is 6.10. The largest absolute Gasteiger partial charge is 0.456 e. The van der Waals surface area contributed by atoms with Crippen molar-refractivity contribution in [2.45, 2.75) is 38.5 Å². The van der Waals surface area contributed by atoms with Crippen LogP contribution in [0.1, 0.15) is 49.9 Å². The molecule has 0 N–H and O–H groups in total. The topological polar surface area (TPSA) is 16.4 Å². The minimum atomic E-state index is -0.0948. The summed E-state index contributed by atoms with van der Waals surface area (Å²) >= 11 is 0. The van der Waals surface area contributed by atoms with Gasteiger partial charge in [0.05, 0.1) is 0 Å². The lowest BCUT2D eigenvalue weighted by atomic mass is 9.82. The Morgan fingerprint density at radius 3 is 1.76 bits per heavy atom. The van der Waals surface area contributed by atoms with Gasteiger partial charge in [0.25, 0.3) is 0 Å². The molecule has 0 amide bonds. The van der Waals surface area contributed by atoms with Crippen molar-refractivity contribution in [3.63, 3.8) is 0 Å². The van der Waals surface area contributed by atoms with Crippen LogP contribution in [0.15, 0.2) is 168 Å². The van der Waals surface area contributed by atoms with E-state index in [0.717, 1.165) is 39.0 Å². The first kappa shape index (κ1) is 31.2. The maximum atomic E-state index is 6.24. The number of anilines is 3. The van der Waals surface area contributed by atoms with Gasteiger partial charge in [0.1, 0.15) is 11.2 Å². The second-order valence-corrected chi connectivity index (χ2v) is 16.2. The third kappa shape index (κ3) is 4.40. The Kier molecular flexibility index (Phi) is 6.39. The number of hydrogen-bond donors (Lipinski definition) is 0. The van der Waals surface area contributed by atoms with E-state index in [1.165, 1.54) is 66.4 Å². The molecule has 8 aromatic carbocycles. The molecular weight excluding hydrogens is 655 g/mol. The summed E-state index contributed by atoms with van der Waals surface area (Å²) in [6.07, 6.45) is 0. The zero-order chi connectivity index (χ0) is 36.3. The molecule has 0 aliphatic heterocycles. The number of hydrogen-bond acceptors (Lipinski definition) is 2. The minimum absolute atomic E-state index is 0.0453. The van der Waals surface area contributed by atoms with Crippen LogP contribution in [-0.2, 0) is 10.8 Å². The number of para-hydroxylation sites is 1. The zero-order valence-electron chi connectivity index (χ0n) is 30.9. The van der Waals surface area contributed by atoms with Gasteiger partial charge in [-0.1, -0.05) is 131 Å². The summed E-state index contributed by atoms with van der Waals surface area (Å²) in [7, 11) is 0. The molecule has 11 rings (SSSR count). The molecule has 0 saturated heterocycles. The van der Waals surface area contributed by atoms with Gasteiger partial charge in [-0.05, 0) is 127 Å². The van der Waals surface area contributed by atoms with Gasteiger partial charge >= 0.3 is 0 Å². The summed E-state index contributed by atoms with van der Waals surface area (Å²) in [6, 6.07) is 60.5. The van der Waals surface area contributed by atoms with E-state index >= 15 is 0 Å². The predicted octanol–water partition coefficient (Wildman–Crippen LogP) is 14.5. The van der Waals surface area contributed by atoms with Crippen molar-refractivity contribution >= 4 is 49.8 Å². The molecule has 0 unspecified atom stereocenters. The predicted molar refractivity (Wildman–Crippen MR) is 226 cm³/mol. The van der Waals surface area contributed by atoms with Crippen LogP contribution in [0.5, 0.6) is 0 Å². The Hall–Kier alpha value is -6.38. The van der Waals surface area contributed by atoms with E-state index in [4.69, 9.17) is 4.42 Å². The summed E-state index contributed by atoms with van der Waals surface area (Å²) in [5, 5.41) is 4.70. The average Bonchev–Trinajstić information content (AvgIpc) is 3.76. The van der Waals surface area contributed by atoms with Gasteiger partial charge in [0.15, 0.2) is 0 Å². The number of furan rings is 1. The van der Waals surface area contributed by atoms with Gasteiger partial charge in [-0.2, -0.15) is 0 Å². The third-order valence-corrected chi connectivity index (χ3v) is 12.4. The van der Waals surface area contributed by atoms with Crippen LogP contribution in [0.4, 0.5) is 17.1 Å². The molecule has 54 heavy (non-hydrogen) atoms. The van der Waals surface area contributed by atoms with E-state index in [1.54, 1.807) is 0 Å². The maximum Gasteiger partial charge on any atom is 0.136 e. The van der Waals surface area contributed by atoms with Gasteiger partial charge in [-0.3, -0.25) is 0 Å². The lowest BCUT2D eigenvalue weighted by Gasteiger charge is -2.29. The smallest absolute Gasteiger partial charge is 0.136 e. The molecular formula is C52H39NO. The molecule has 0 spiro atoms. The lowest BCUT2D eigenvalue weighted by molar-refractivity contribution is 0.660. The highest BCUT2D eigenvalue weighted by Gasteiger charge is 2.37. The van der Waals surface area contributed by atoms with E-state index in [9.17, 15) is 0 Å². The second kappa shape index (κ2) is 11.1. The zero-order valence-corrected chi connectivity index (χ0v) is 30.9. The van der Waals surface area contributed by atoms with E-state index in [-0.39, 0.29) is 10.8 Å². The van der Waals surface area contributed by atoms with Crippen molar-refractivity contribution in [3.8, 4) is 33.4 Å². The van der Waals surface area contributed by atoms with Crippen molar-refractivity contribution in [3.05, 3.63) is 186 Å². The molecule has 1 aromatic heterocycles. The summed E-state index contributed by atoms with van der Waals surface area (Å²) < 4.78 is 6.24. The van der Waals surface area contributed by atoms with Crippen LogP contribution in [0.3, 0.4) is 0 Å². The molecule has 2 nitrogen and oxygen atoms in total. The van der Waals surface area contributed by atoms with Gasteiger partial charge in [-0.25, -0.2) is 0 Å². The molecule has 9 aromatic rings. The van der Waals surface area contributed by atoms with Crippen LogP contribution in [0.25, 0.3) is 66.1 Å². The molecule has 2 aliphatic rings. The first-order chi connectivity index (χ1) is 26.3. The summed E-state index contributed by atoms with van der Waals surface area (Å²) in [5.74, 6) is 0. The van der Waals surface area contributed by atoms with E-state index < -0.39 is 0 Å². The average molecular weight is 694 g/mol.